The third-order valence-electron chi connectivity index (χ3n) is 3.40. The van der Waals surface area contributed by atoms with Crippen molar-refractivity contribution in [3.63, 3.8) is 0 Å². The lowest BCUT2D eigenvalue weighted by Gasteiger charge is -2.13. The van der Waals surface area contributed by atoms with Crippen LogP contribution in [0, 0.1) is 0 Å². The second-order valence-corrected chi connectivity index (χ2v) is 5.13. The van der Waals surface area contributed by atoms with E-state index < -0.39 is 17.5 Å². The molecule has 1 aromatic carbocycles. The van der Waals surface area contributed by atoms with E-state index in [0.29, 0.717) is 6.08 Å². The van der Waals surface area contributed by atoms with Gasteiger partial charge in [-0.1, -0.05) is 30.3 Å². The van der Waals surface area contributed by atoms with Crippen molar-refractivity contribution in [1.82, 2.24) is 5.01 Å². The van der Waals surface area contributed by atoms with Crippen LogP contribution in [0.5, 0.6) is 0 Å². The van der Waals surface area contributed by atoms with Gasteiger partial charge in [0.15, 0.2) is 0 Å². The van der Waals surface area contributed by atoms with Crippen molar-refractivity contribution >= 4 is 17.1 Å². The molecule has 0 N–H and O–H groups in total. The van der Waals surface area contributed by atoms with Gasteiger partial charge in [0.05, 0.1) is 5.57 Å². The molecule has 1 aliphatic rings. The Hall–Kier alpha value is -2.11. The van der Waals surface area contributed by atoms with E-state index in [0.717, 1.165) is 25.9 Å². The summed E-state index contributed by atoms with van der Waals surface area (Å²) in [5.74, 6) is -0.719. The lowest BCUT2D eigenvalue weighted by atomic mass is 10.0. The first-order chi connectivity index (χ1) is 10.4. The molecule has 0 amide bonds. The molecule has 0 radical (unpaired) electrons. The molecule has 0 atom stereocenters. The third kappa shape index (κ3) is 4.19. The summed E-state index contributed by atoms with van der Waals surface area (Å²) in [4.78, 5) is 12.0. The number of hydrogen-bond acceptors (Lipinski definition) is 3. The van der Waals surface area contributed by atoms with Crippen molar-refractivity contribution in [2.24, 2.45) is 5.10 Å². The Balaban J connectivity index is 2.27. The van der Waals surface area contributed by atoms with E-state index in [1.807, 2.05) is 0 Å². The standard InChI is InChI=1S/C16H17F3N2O/c1-12(20-21-9-5-6-10-21)15(22)11-14(16(17,18)19)13-7-3-2-4-8-13/h2-4,7-8,11H,5-6,9-10H2,1H3/b14-11+,20-12+. The average Bonchev–Trinajstić information content (AvgIpc) is 2.97. The van der Waals surface area contributed by atoms with Gasteiger partial charge in [0.25, 0.3) is 0 Å². The number of nitrogens with zero attached hydrogens (tertiary/aromatic N) is 2. The molecule has 1 heterocycles. The molecule has 1 fully saturated rings. The number of carbonyl (C=O) groups excluding carboxylic acids is 1. The topological polar surface area (TPSA) is 32.7 Å². The van der Waals surface area contributed by atoms with Crippen molar-refractivity contribution in [1.29, 1.82) is 0 Å². The second kappa shape index (κ2) is 6.77. The Morgan fingerprint density at radius 3 is 2.32 bits per heavy atom. The Morgan fingerprint density at radius 2 is 1.77 bits per heavy atom. The minimum absolute atomic E-state index is 0.0303. The lowest BCUT2D eigenvalue weighted by molar-refractivity contribution is -0.109. The Labute approximate surface area is 127 Å². The number of ketones is 1. The Morgan fingerprint density at radius 1 is 1.18 bits per heavy atom. The molecule has 22 heavy (non-hydrogen) atoms. The van der Waals surface area contributed by atoms with Crippen LogP contribution in [0.25, 0.3) is 5.57 Å². The van der Waals surface area contributed by atoms with Gasteiger partial charge >= 0.3 is 6.18 Å². The quantitative estimate of drug-likeness (QED) is 0.628. The summed E-state index contributed by atoms with van der Waals surface area (Å²) in [6.45, 7) is 2.91. The number of halogens is 3. The molecule has 118 valence electrons. The number of alkyl halides is 3. The minimum Gasteiger partial charge on any atom is -0.297 e. The fraction of sp³-hybridized carbons (Fsp3) is 0.375. The van der Waals surface area contributed by atoms with Gasteiger partial charge in [-0.05, 0) is 25.3 Å². The molecule has 0 unspecified atom stereocenters. The highest BCUT2D eigenvalue weighted by Gasteiger charge is 2.35. The first-order valence-corrected chi connectivity index (χ1v) is 7.07. The van der Waals surface area contributed by atoms with Crippen molar-refractivity contribution in [2.75, 3.05) is 13.1 Å². The summed E-state index contributed by atoms with van der Waals surface area (Å²) in [7, 11) is 0. The Bertz CT molecular complexity index is 585. The first-order valence-electron chi connectivity index (χ1n) is 7.07. The lowest BCUT2D eigenvalue weighted by Crippen LogP contribution is -2.19. The van der Waals surface area contributed by atoms with E-state index in [1.165, 1.54) is 31.2 Å². The van der Waals surface area contributed by atoms with E-state index in [2.05, 4.69) is 5.10 Å². The van der Waals surface area contributed by atoms with Crippen LogP contribution in [0.1, 0.15) is 25.3 Å². The molecule has 3 nitrogen and oxygen atoms in total. The van der Waals surface area contributed by atoms with Crippen molar-refractivity contribution < 1.29 is 18.0 Å². The van der Waals surface area contributed by atoms with Crippen LogP contribution in [0.4, 0.5) is 13.2 Å². The van der Waals surface area contributed by atoms with Gasteiger partial charge in [-0.3, -0.25) is 9.80 Å². The summed E-state index contributed by atoms with van der Waals surface area (Å²) < 4.78 is 39.5. The average molecular weight is 310 g/mol. The number of benzene rings is 1. The maximum Gasteiger partial charge on any atom is 0.417 e. The van der Waals surface area contributed by atoms with E-state index in [9.17, 15) is 18.0 Å². The van der Waals surface area contributed by atoms with Crippen molar-refractivity contribution in [3.05, 3.63) is 42.0 Å². The normalized spacial score (nSPS) is 17.0. The number of carbonyl (C=O) groups is 1. The molecular weight excluding hydrogens is 293 g/mol. The van der Waals surface area contributed by atoms with Gasteiger partial charge in [0.1, 0.15) is 5.71 Å². The molecule has 6 heteroatoms. The molecule has 1 aliphatic heterocycles. The fourth-order valence-electron chi connectivity index (χ4n) is 2.24. The van der Waals surface area contributed by atoms with Gasteiger partial charge in [-0.25, -0.2) is 0 Å². The maximum atomic E-state index is 13.2. The molecular formula is C16H17F3N2O. The van der Waals surface area contributed by atoms with Crippen molar-refractivity contribution in [2.45, 2.75) is 25.9 Å². The van der Waals surface area contributed by atoms with Crippen LogP contribution in [0.2, 0.25) is 0 Å². The second-order valence-electron chi connectivity index (χ2n) is 5.13. The fourth-order valence-corrected chi connectivity index (χ4v) is 2.24. The molecule has 0 aromatic heterocycles. The van der Waals surface area contributed by atoms with Gasteiger partial charge in [0.2, 0.25) is 5.78 Å². The van der Waals surface area contributed by atoms with Crippen molar-refractivity contribution in [3.8, 4) is 0 Å². The SMILES string of the molecule is C/C(=N\N1CCCC1)C(=O)/C=C(\c1ccccc1)C(F)(F)F. The molecule has 0 aliphatic carbocycles. The van der Waals surface area contributed by atoms with Crippen LogP contribution < -0.4 is 0 Å². The third-order valence-corrected chi connectivity index (χ3v) is 3.40. The van der Waals surface area contributed by atoms with Crippen LogP contribution in [-0.2, 0) is 4.79 Å². The molecule has 1 aromatic rings. The number of rotatable bonds is 4. The summed E-state index contributed by atoms with van der Waals surface area (Å²) in [6, 6.07) is 7.30. The maximum absolute atomic E-state index is 13.2. The highest BCUT2D eigenvalue weighted by atomic mass is 19.4. The highest BCUT2D eigenvalue weighted by molar-refractivity contribution is 6.44. The smallest absolute Gasteiger partial charge is 0.297 e. The van der Waals surface area contributed by atoms with Crippen LogP contribution >= 0.6 is 0 Å². The predicted octanol–water partition coefficient (Wildman–Crippen LogP) is 3.67. The van der Waals surface area contributed by atoms with E-state index >= 15 is 0 Å². The van der Waals surface area contributed by atoms with E-state index in [-0.39, 0.29) is 11.3 Å². The first kappa shape index (κ1) is 16.3. The molecule has 0 bridgehead atoms. The molecule has 0 saturated carbocycles. The summed E-state index contributed by atoms with van der Waals surface area (Å²) in [5.41, 5.74) is -0.911. The van der Waals surface area contributed by atoms with Gasteiger partial charge in [-0.15, -0.1) is 0 Å². The summed E-state index contributed by atoms with van der Waals surface area (Å²) in [5, 5.41) is 5.81. The number of hydrogen-bond donors (Lipinski definition) is 0. The van der Waals surface area contributed by atoms with Gasteiger partial charge in [0, 0.05) is 19.2 Å². The zero-order valence-electron chi connectivity index (χ0n) is 12.2. The van der Waals surface area contributed by atoms with E-state index in [4.69, 9.17) is 0 Å². The number of allylic oxidation sites excluding steroid dienone is 2. The largest absolute Gasteiger partial charge is 0.417 e. The monoisotopic (exact) mass is 310 g/mol. The zero-order chi connectivity index (χ0) is 16.2. The van der Waals surface area contributed by atoms with Crippen LogP contribution in [0.15, 0.2) is 41.5 Å². The van der Waals surface area contributed by atoms with Crippen LogP contribution in [-0.4, -0.2) is 35.8 Å². The Kier molecular flexibility index (Phi) is 5.00. The molecule has 2 rings (SSSR count). The minimum atomic E-state index is -4.59. The summed E-state index contributed by atoms with van der Waals surface area (Å²) >= 11 is 0. The van der Waals surface area contributed by atoms with Gasteiger partial charge in [-0.2, -0.15) is 18.3 Å². The molecule has 0 spiro atoms. The molecule has 1 saturated heterocycles. The summed E-state index contributed by atoms with van der Waals surface area (Å²) in [6.07, 6.45) is -1.99. The zero-order valence-corrected chi connectivity index (χ0v) is 12.2. The predicted molar refractivity (Wildman–Crippen MR) is 79.4 cm³/mol. The van der Waals surface area contributed by atoms with Crippen LogP contribution in [0.3, 0.4) is 0 Å². The highest BCUT2D eigenvalue weighted by Crippen LogP contribution is 2.33. The van der Waals surface area contributed by atoms with E-state index in [1.54, 1.807) is 11.1 Å². The van der Waals surface area contributed by atoms with Gasteiger partial charge < -0.3 is 0 Å². The number of hydrazone groups is 1.